The van der Waals surface area contributed by atoms with Crippen LogP contribution in [0, 0.1) is 6.92 Å². The van der Waals surface area contributed by atoms with Crippen molar-refractivity contribution in [2.24, 2.45) is 10.2 Å². The van der Waals surface area contributed by atoms with Crippen molar-refractivity contribution in [3.63, 3.8) is 0 Å². The first-order valence-electron chi connectivity index (χ1n) is 10.6. The van der Waals surface area contributed by atoms with E-state index in [-0.39, 0.29) is 49.7 Å². The molecule has 36 heavy (non-hydrogen) atoms. The van der Waals surface area contributed by atoms with E-state index in [0.717, 1.165) is 11.8 Å². The van der Waals surface area contributed by atoms with Crippen LogP contribution in [0.15, 0.2) is 60.3 Å². The predicted molar refractivity (Wildman–Crippen MR) is 140 cm³/mol. The van der Waals surface area contributed by atoms with E-state index in [1.807, 2.05) is 0 Å². The first-order chi connectivity index (χ1) is 17.3. The molecule has 4 rings (SSSR count). The third-order valence-electron chi connectivity index (χ3n) is 5.11. The van der Waals surface area contributed by atoms with Crippen LogP contribution in [0.4, 0.5) is 5.69 Å². The number of amidine groups is 1. The standard InChI is InChI=1S/C24H20BrN3O7S/c1-4-34-23(32)21-22(31)28(13-8-6-5-7-9-13)24(36-21)27-26-11-14-18(30)17(25)20-16(19(14)33-3)15(29)10-12(2)35-20/h5-11,21,30H,4H2,1-3H3/b26-11+,27-24-. The number of carbonyl (C=O) groups excluding carboxylic acids is 2. The highest BCUT2D eigenvalue weighted by molar-refractivity contribution is 9.10. The zero-order valence-corrected chi connectivity index (χ0v) is 21.8. The van der Waals surface area contributed by atoms with Crippen molar-refractivity contribution >= 4 is 67.6 Å². The number of fused-ring (bicyclic) bond motifs is 1. The van der Waals surface area contributed by atoms with E-state index < -0.39 is 17.1 Å². The van der Waals surface area contributed by atoms with Gasteiger partial charge in [0.25, 0.3) is 5.91 Å². The molecule has 1 unspecified atom stereocenters. The lowest BCUT2D eigenvalue weighted by molar-refractivity contribution is -0.144. The zero-order valence-electron chi connectivity index (χ0n) is 19.4. The molecule has 0 spiro atoms. The van der Waals surface area contributed by atoms with Crippen LogP contribution in [-0.4, -0.2) is 47.3 Å². The third kappa shape index (κ3) is 4.61. The van der Waals surface area contributed by atoms with E-state index in [0.29, 0.717) is 11.4 Å². The molecule has 3 aromatic rings. The second kappa shape index (κ2) is 10.5. The predicted octanol–water partition coefficient (Wildman–Crippen LogP) is 3.98. The molecular formula is C24H20BrN3O7S. The summed E-state index contributed by atoms with van der Waals surface area (Å²) in [6, 6.07) is 9.98. The summed E-state index contributed by atoms with van der Waals surface area (Å²) in [5.74, 6) is -1.07. The van der Waals surface area contributed by atoms with Crippen molar-refractivity contribution in [2.75, 3.05) is 18.6 Å². The van der Waals surface area contributed by atoms with E-state index in [2.05, 4.69) is 26.1 Å². The number of para-hydroxylation sites is 1. The largest absolute Gasteiger partial charge is 0.506 e. The Kier molecular flexibility index (Phi) is 7.45. The molecule has 10 nitrogen and oxygen atoms in total. The van der Waals surface area contributed by atoms with Gasteiger partial charge in [-0.25, -0.2) is 0 Å². The van der Waals surface area contributed by atoms with Gasteiger partial charge < -0.3 is 19.0 Å². The maximum absolute atomic E-state index is 13.0. The van der Waals surface area contributed by atoms with Crippen molar-refractivity contribution < 1.29 is 28.6 Å². The van der Waals surface area contributed by atoms with Crippen molar-refractivity contribution in [3.05, 3.63) is 62.4 Å². The minimum absolute atomic E-state index is 0.0443. The number of phenolic OH excluding ortho intramolecular Hbond substituents is 1. The fraction of sp³-hybridized carbons (Fsp3) is 0.208. The summed E-state index contributed by atoms with van der Waals surface area (Å²) in [4.78, 5) is 39.3. The Bertz CT molecular complexity index is 1470. The smallest absolute Gasteiger partial charge is 0.329 e. The number of esters is 1. The van der Waals surface area contributed by atoms with Crippen LogP contribution in [0.25, 0.3) is 11.0 Å². The molecule has 1 N–H and O–H groups in total. The molecule has 0 radical (unpaired) electrons. The molecule has 0 bridgehead atoms. The topological polar surface area (TPSA) is 131 Å². The number of thioether (sulfide) groups is 1. The minimum Gasteiger partial charge on any atom is -0.506 e. The Morgan fingerprint density at radius 2 is 2.03 bits per heavy atom. The number of rotatable bonds is 6. The number of aromatic hydroxyl groups is 1. The Morgan fingerprint density at radius 3 is 2.69 bits per heavy atom. The lowest BCUT2D eigenvalue weighted by atomic mass is 10.1. The van der Waals surface area contributed by atoms with E-state index in [1.165, 1.54) is 24.3 Å². The molecular weight excluding hydrogens is 554 g/mol. The second-order valence-corrected chi connectivity index (χ2v) is 9.29. The molecule has 1 aliphatic rings. The van der Waals surface area contributed by atoms with Gasteiger partial charge in [-0.2, -0.15) is 5.10 Å². The van der Waals surface area contributed by atoms with Gasteiger partial charge in [0.1, 0.15) is 27.1 Å². The van der Waals surface area contributed by atoms with Crippen LogP contribution in [0.5, 0.6) is 11.5 Å². The number of hydrogen-bond acceptors (Lipinski definition) is 10. The fourth-order valence-electron chi connectivity index (χ4n) is 3.59. The number of amides is 1. The third-order valence-corrected chi connectivity index (χ3v) is 6.95. The van der Waals surface area contributed by atoms with Crippen LogP contribution in [0.2, 0.25) is 0 Å². The Morgan fingerprint density at radius 1 is 1.31 bits per heavy atom. The fourth-order valence-corrected chi connectivity index (χ4v) is 5.05. The van der Waals surface area contributed by atoms with Crippen LogP contribution in [0.3, 0.4) is 0 Å². The van der Waals surface area contributed by atoms with E-state index in [9.17, 15) is 19.5 Å². The summed E-state index contributed by atoms with van der Waals surface area (Å²) >= 11 is 4.16. The van der Waals surface area contributed by atoms with Gasteiger partial charge >= 0.3 is 5.97 Å². The normalized spacial score (nSPS) is 16.9. The summed E-state index contributed by atoms with van der Waals surface area (Å²) in [7, 11) is 1.34. The Hall–Kier alpha value is -3.64. The van der Waals surface area contributed by atoms with Gasteiger partial charge in [0.05, 0.1) is 31.2 Å². The Balaban J connectivity index is 1.79. The highest BCUT2D eigenvalue weighted by atomic mass is 79.9. The number of nitrogens with zero attached hydrogens (tertiary/aromatic N) is 3. The highest BCUT2D eigenvalue weighted by Gasteiger charge is 2.44. The first-order valence-corrected chi connectivity index (χ1v) is 12.3. The number of carbonyl (C=O) groups is 2. The monoisotopic (exact) mass is 573 g/mol. The summed E-state index contributed by atoms with van der Waals surface area (Å²) in [6.45, 7) is 3.40. The van der Waals surface area contributed by atoms with Crippen LogP contribution < -0.4 is 15.1 Å². The van der Waals surface area contributed by atoms with Crippen LogP contribution >= 0.6 is 27.7 Å². The van der Waals surface area contributed by atoms with Gasteiger partial charge in [0, 0.05) is 6.07 Å². The summed E-state index contributed by atoms with van der Waals surface area (Å²) < 4.78 is 16.2. The lowest BCUT2D eigenvalue weighted by Gasteiger charge is -2.15. The molecule has 0 aliphatic carbocycles. The Labute approximate surface area is 217 Å². The number of phenols is 1. The van der Waals surface area contributed by atoms with Gasteiger partial charge in [-0.3, -0.25) is 19.3 Å². The van der Waals surface area contributed by atoms with Crippen molar-refractivity contribution in [3.8, 4) is 11.5 Å². The van der Waals surface area contributed by atoms with Crippen LogP contribution in [-0.2, 0) is 14.3 Å². The van der Waals surface area contributed by atoms with Gasteiger partial charge in [-0.1, -0.05) is 30.0 Å². The number of aryl methyl sites for hydroxylation is 1. The molecule has 1 aromatic heterocycles. The van der Waals surface area contributed by atoms with Crippen molar-refractivity contribution in [2.45, 2.75) is 19.1 Å². The number of benzene rings is 2. The first kappa shape index (κ1) is 25.5. The van der Waals surface area contributed by atoms with Crippen molar-refractivity contribution in [1.29, 1.82) is 0 Å². The number of hydrogen-bond donors (Lipinski definition) is 1. The molecule has 1 fully saturated rings. The maximum Gasteiger partial charge on any atom is 0.329 e. The van der Waals surface area contributed by atoms with Crippen molar-refractivity contribution in [1.82, 2.24) is 0 Å². The van der Waals surface area contributed by atoms with E-state index in [1.54, 1.807) is 44.2 Å². The average Bonchev–Trinajstić information content (AvgIpc) is 3.19. The quantitative estimate of drug-likeness (QED) is 0.203. The van der Waals surface area contributed by atoms with Crippen LogP contribution in [0.1, 0.15) is 18.2 Å². The number of ether oxygens (including phenoxy) is 2. The molecule has 1 saturated heterocycles. The summed E-state index contributed by atoms with van der Waals surface area (Å²) in [5, 5.41) is 18.1. The molecule has 1 amide bonds. The van der Waals surface area contributed by atoms with Gasteiger partial charge in [0.15, 0.2) is 21.4 Å². The van der Waals surface area contributed by atoms with Gasteiger partial charge in [-0.15, -0.1) is 5.10 Å². The number of methoxy groups -OCH3 is 1. The van der Waals surface area contributed by atoms with Gasteiger partial charge in [0.2, 0.25) is 0 Å². The molecule has 1 atom stereocenters. The molecule has 1 aliphatic heterocycles. The SMILES string of the molecule is CCOC(=O)C1S/C(=N\N=C\c2c(O)c(Br)c3oc(C)cc(=O)c3c2OC)N(c2ccccc2)C1=O. The lowest BCUT2D eigenvalue weighted by Crippen LogP contribution is -2.35. The molecule has 2 aromatic carbocycles. The van der Waals surface area contributed by atoms with E-state index >= 15 is 0 Å². The van der Waals surface area contributed by atoms with E-state index in [4.69, 9.17) is 13.9 Å². The van der Waals surface area contributed by atoms with Gasteiger partial charge in [-0.05, 0) is 41.9 Å². The zero-order chi connectivity index (χ0) is 26.0. The molecule has 0 saturated carbocycles. The minimum atomic E-state index is -1.13. The average molecular weight is 574 g/mol. The molecule has 186 valence electrons. The number of anilines is 1. The summed E-state index contributed by atoms with van der Waals surface area (Å²) in [5.41, 5.74) is 0.330. The molecule has 12 heteroatoms. The second-order valence-electron chi connectivity index (χ2n) is 7.42. The maximum atomic E-state index is 13.0. The number of halogens is 1. The highest BCUT2D eigenvalue weighted by Crippen LogP contribution is 2.41. The molecule has 2 heterocycles. The summed E-state index contributed by atoms with van der Waals surface area (Å²) in [6.07, 6.45) is 1.19.